The average Bonchev–Trinajstić information content (AvgIpc) is 3.15. The number of hydrogen-bond donors (Lipinski definition) is 2. The standard InChI is InChI=1S/C28H27N3O3/c32-25-11-10-24(27(33)30-25)31-23-9-8-20(21-2-1-3-22(26(21)23)28(31)34)16-17-4-6-18(7-5-17)19-12-14-29-15-13-19/h1-9,19,24,29H,10-16H2,(H,30,32,33). The van der Waals surface area contributed by atoms with Gasteiger partial charge in [0.2, 0.25) is 11.8 Å². The largest absolute Gasteiger partial charge is 0.317 e. The monoisotopic (exact) mass is 453 g/mol. The van der Waals surface area contributed by atoms with Crippen LogP contribution in [0.3, 0.4) is 0 Å². The van der Waals surface area contributed by atoms with Gasteiger partial charge in [-0.15, -0.1) is 0 Å². The highest BCUT2D eigenvalue weighted by Crippen LogP contribution is 2.41. The molecule has 0 spiro atoms. The lowest BCUT2D eigenvalue weighted by Gasteiger charge is -2.30. The Hall–Kier alpha value is -3.51. The van der Waals surface area contributed by atoms with E-state index in [9.17, 15) is 14.4 Å². The first-order chi connectivity index (χ1) is 16.6. The second-order valence-electron chi connectivity index (χ2n) is 9.56. The normalized spacial score (nSPS) is 20.8. The van der Waals surface area contributed by atoms with Crippen LogP contribution in [0.25, 0.3) is 10.8 Å². The zero-order valence-electron chi connectivity index (χ0n) is 19.0. The van der Waals surface area contributed by atoms with Crippen LogP contribution in [0.4, 0.5) is 5.69 Å². The van der Waals surface area contributed by atoms with Crippen LogP contribution in [0.5, 0.6) is 0 Å². The van der Waals surface area contributed by atoms with Crippen molar-refractivity contribution in [3.05, 3.63) is 76.9 Å². The molecule has 3 aliphatic rings. The highest BCUT2D eigenvalue weighted by molar-refractivity contribution is 6.27. The molecule has 3 aromatic rings. The van der Waals surface area contributed by atoms with E-state index in [1.165, 1.54) is 24.0 Å². The predicted molar refractivity (Wildman–Crippen MR) is 131 cm³/mol. The Morgan fingerprint density at radius 2 is 1.68 bits per heavy atom. The Bertz CT molecular complexity index is 1310. The van der Waals surface area contributed by atoms with Crippen molar-refractivity contribution in [2.45, 2.75) is 44.1 Å². The first-order valence-corrected chi connectivity index (χ1v) is 12.1. The molecule has 6 nitrogen and oxygen atoms in total. The van der Waals surface area contributed by atoms with Crippen LogP contribution < -0.4 is 15.5 Å². The van der Waals surface area contributed by atoms with Crippen molar-refractivity contribution in [3.63, 3.8) is 0 Å². The Morgan fingerprint density at radius 3 is 2.44 bits per heavy atom. The van der Waals surface area contributed by atoms with Crippen molar-refractivity contribution < 1.29 is 14.4 Å². The van der Waals surface area contributed by atoms with E-state index in [2.05, 4.69) is 47.0 Å². The van der Waals surface area contributed by atoms with Gasteiger partial charge in [0.05, 0.1) is 5.69 Å². The van der Waals surface area contributed by atoms with Gasteiger partial charge in [0.25, 0.3) is 5.91 Å². The fourth-order valence-electron chi connectivity index (χ4n) is 5.74. The number of anilines is 1. The fraction of sp³-hybridized carbons (Fsp3) is 0.321. The molecule has 3 amide bonds. The molecule has 172 valence electrons. The molecule has 3 heterocycles. The summed E-state index contributed by atoms with van der Waals surface area (Å²) in [6, 6.07) is 18.1. The first kappa shape index (κ1) is 21.1. The number of rotatable bonds is 4. The van der Waals surface area contributed by atoms with E-state index in [0.29, 0.717) is 17.9 Å². The Kier molecular flexibility index (Phi) is 5.18. The van der Waals surface area contributed by atoms with Crippen LogP contribution in [0.15, 0.2) is 54.6 Å². The van der Waals surface area contributed by atoms with Gasteiger partial charge < -0.3 is 5.32 Å². The molecule has 34 heavy (non-hydrogen) atoms. The van der Waals surface area contributed by atoms with Gasteiger partial charge in [-0.2, -0.15) is 0 Å². The number of piperidine rings is 2. The highest BCUT2D eigenvalue weighted by Gasteiger charge is 2.40. The number of carbonyl (C=O) groups excluding carboxylic acids is 3. The zero-order valence-corrected chi connectivity index (χ0v) is 19.0. The minimum absolute atomic E-state index is 0.168. The zero-order chi connectivity index (χ0) is 23.2. The van der Waals surface area contributed by atoms with Crippen LogP contribution in [0.1, 0.15) is 58.6 Å². The second-order valence-corrected chi connectivity index (χ2v) is 9.56. The predicted octanol–water partition coefficient (Wildman–Crippen LogP) is 3.66. The number of amides is 3. The third kappa shape index (κ3) is 3.49. The molecule has 2 fully saturated rings. The summed E-state index contributed by atoms with van der Waals surface area (Å²) in [5, 5.41) is 7.76. The maximum atomic E-state index is 13.3. The molecule has 3 aliphatic heterocycles. The number of hydrogen-bond acceptors (Lipinski definition) is 4. The first-order valence-electron chi connectivity index (χ1n) is 12.1. The van der Waals surface area contributed by atoms with E-state index in [-0.39, 0.29) is 18.2 Å². The number of nitrogens with zero attached hydrogens (tertiary/aromatic N) is 1. The maximum absolute atomic E-state index is 13.3. The Balaban J connectivity index is 1.32. The van der Waals surface area contributed by atoms with E-state index < -0.39 is 11.9 Å². The van der Waals surface area contributed by atoms with Gasteiger partial charge in [-0.25, -0.2) is 0 Å². The van der Waals surface area contributed by atoms with Crippen LogP contribution in [0.2, 0.25) is 0 Å². The third-order valence-corrected chi connectivity index (χ3v) is 7.52. The van der Waals surface area contributed by atoms with Crippen molar-refractivity contribution in [1.29, 1.82) is 0 Å². The summed E-state index contributed by atoms with van der Waals surface area (Å²) in [4.78, 5) is 39.0. The molecule has 3 aromatic carbocycles. The van der Waals surface area contributed by atoms with Gasteiger partial charge in [0.15, 0.2) is 0 Å². The lowest BCUT2D eigenvalue weighted by atomic mass is 9.89. The van der Waals surface area contributed by atoms with E-state index in [1.807, 2.05) is 18.2 Å². The Morgan fingerprint density at radius 1 is 0.882 bits per heavy atom. The lowest BCUT2D eigenvalue weighted by Crippen LogP contribution is -2.53. The summed E-state index contributed by atoms with van der Waals surface area (Å²) in [6.07, 6.45) is 3.74. The van der Waals surface area contributed by atoms with Crippen molar-refractivity contribution in [2.24, 2.45) is 0 Å². The molecule has 0 aromatic heterocycles. The van der Waals surface area contributed by atoms with Gasteiger partial charge in [-0.1, -0.05) is 42.5 Å². The van der Waals surface area contributed by atoms with Gasteiger partial charge in [-0.05, 0) is 78.9 Å². The quantitative estimate of drug-likeness (QED) is 0.591. The molecule has 6 rings (SSSR count). The fourth-order valence-corrected chi connectivity index (χ4v) is 5.74. The van der Waals surface area contributed by atoms with Gasteiger partial charge >= 0.3 is 0 Å². The van der Waals surface area contributed by atoms with E-state index in [0.717, 1.165) is 41.5 Å². The van der Waals surface area contributed by atoms with E-state index >= 15 is 0 Å². The summed E-state index contributed by atoms with van der Waals surface area (Å²) < 4.78 is 0. The molecule has 2 saturated heterocycles. The van der Waals surface area contributed by atoms with Gasteiger partial charge in [0, 0.05) is 17.4 Å². The number of benzene rings is 3. The van der Waals surface area contributed by atoms with E-state index in [4.69, 9.17) is 0 Å². The van der Waals surface area contributed by atoms with Crippen molar-refractivity contribution in [1.82, 2.24) is 10.6 Å². The van der Waals surface area contributed by atoms with Crippen LogP contribution in [-0.4, -0.2) is 36.9 Å². The summed E-state index contributed by atoms with van der Waals surface area (Å²) in [7, 11) is 0. The number of carbonyl (C=O) groups is 3. The van der Waals surface area contributed by atoms with Crippen LogP contribution in [-0.2, 0) is 16.0 Å². The number of imide groups is 1. The molecule has 2 N–H and O–H groups in total. The molecule has 1 unspecified atom stereocenters. The summed E-state index contributed by atoms with van der Waals surface area (Å²) in [6.45, 7) is 2.17. The second kappa shape index (κ2) is 8.37. The van der Waals surface area contributed by atoms with Crippen molar-refractivity contribution in [3.8, 4) is 0 Å². The minimum Gasteiger partial charge on any atom is -0.317 e. The van der Waals surface area contributed by atoms with Crippen molar-refractivity contribution in [2.75, 3.05) is 18.0 Å². The van der Waals surface area contributed by atoms with Crippen LogP contribution >= 0.6 is 0 Å². The topological polar surface area (TPSA) is 78.5 Å². The summed E-state index contributed by atoms with van der Waals surface area (Å²) >= 11 is 0. The highest BCUT2D eigenvalue weighted by atomic mass is 16.2. The smallest absolute Gasteiger partial charge is 0.259 e. The molecule has 0 aliphatic carbocycles. The molecular formula is C28H27N3O3. The third-order valence-electron chi connectivity index (χ3n) is 7.52. The minimum atomic E-state index is -0.658. The molecule has 0 bridgehead atoms. The SMILES string of the molecule is O=C1CCC(N2C(=O)c3cccc4c(Cc5ccc(C6CCNCC6)cc5)ccc2c34)C(=O)N1. The summed E-state index contributed by atoms with van der Waals surface area (Å²) in [5.41, 5.74) is 5.20. The average molecular weight is 454 g/mol. The van der Waals surface area contributed by atoms with Gasteiger partial charge in [-0.3, -0.25) is 24.6 Å². The Labute approximate surface area is 198 Å². The lowest BCUT2D eigenvalue weighted by molar-refractivity contribution is -0.134. The summed E-state index contributed by atoms with van der Waals surface area (Å²) in [5.74, 6) is -0.213. The maximum Gasteiger partial charge on any atom is 0.259 e. The molecule has 6 heteroatoms. The van der Waals surface area contributed by atoms with Gasteiger partial charge in [0.1, 0.15) is 6.04 Å². The van der Waals surface area contributed by atoms with Crippen LogP contribution in [0, 0.1) is 0 Å². The molecular weight excluding hydrogens is 426 g/mol. The van der Waals surface area contributed by atoms with E-state index in [1.54, 1.807) is 4.90 Å². The molecule has 0 saturated carbocycles. The van der Waals surface area contributed by atoms with Crippen molar-refractivity contribution >= 4 is 34.2 Å². The molecule has 1 atom stereocenters. The molecule has 0 radical (unpaired) electrons. The number of nitrogens with one attached hydrogen (secondary N) is 2.